The molecule has 0 saturated carbocycles. The van der Waals surface area contributed by atoms with Crippen molar-refractivity contribution in [2.24, 2.45) is 0 Å². The summed E-state index contributed by atoms with van der Waals surface area (Å²) in [6, 6.07) is 11.3. The fraction of sp³-hybridized carbons (Fsp3) is 0.294. The summed E-state index contributed by atoms with van der Waals surface area (Å²) < 4.78 is 38.7. The van der Waals surface area contributed by atoms with Gasteiger partial charge in [-0.15, -0.1) is 11.8 Å². The van der Waals surface area contributed by atoms with E-state index in [1.165, 1.54) is 0 Å². The van der Waals surface area contributed by atoms with Crippen molar-refractivity contribution in [3.05, 3.63) is 64.6 Å². The molecule has 2 aromatic rings. The van der Waals surface area contributed by atoms with Crippen molar-refractivity contribution in [3.8, 4) is 0 Å². The summed E-state index contributed by atoms with van der Waals surface area (Å²) in [5.74, 6) is 0.305. The molecule has 1 amide bonds. The Labute approximate surface area is 147 Å². The highest BCUT2D eigenvalue weighted by Crippen LogP contribution is 2.27. The second-order valence-electron chi connectivity index (χ2n) is 5.25. The first-order valence-corrected chi connectivity index (χ1v) is 8.57. The summed E-state index contributed by atoms with van der Waals surface area (Å²) >= 11 is 1.65. The first-order valence-electron chi connectivity index (χ1n) is 7.58. The van der Waals surface area contributed by atoms with Crippen molar-refractivity contribution in [3.63, 3.8) is 0 Å². The fourth-order valence-electron chi connectivity index (χ4n) is 2.04. The summed E-state index contributed by atoms with van der Waals surface area (Å²) in [4.78, 5) is 24.5. The van der Waals surface area contributed by atoms with Gasteiger partial charge in [-0.2, -0.15) is 13.2 Å². The van der Waals surface area contributed by atoms with Crippen LogP contribution >= 0.6 is 11.8 Å². The molecule has 0 unspecified atom stereocenters. The lowest BCUT2D eigenvalue weighted by Crippen LogP contribution is -2.33. The summed E-state index contributed by atoms with van der Waals surface area (Å²) in [5.41, 5.74) is -1.61. The summed E-state index contributed by atoms with van der Waals surface area (Å²) in [7, 11) is 0. The molecule has 25 heavy (non-hydrogen) atoms. The summed E-state index contributed by atoms with van der Waals surface area (Å²) in [6.45, 7) is -0.0407. The molecule has 134 valence electrons. The number of nitrogens with one attached hydrogen (secondary N) is 1. The predicted molar refractivity (Wildman–Crippen MR) is 90.5 cm³/mol. The lowest BCUT2D eigenvalue weighted by atomic mass is 10.3. The molecule has 0 aliphatic carbocycles. The maximum absolute atomic E-state index is 12.6. The highest BCUT2D eigenvalue weighted by atomic mass is 32.2. The van der Waals surface area contributed by atoms with Gasteiger partial charge < -0.3 is 9.88 Å². The van der Waals surface area contributed by atoms with Crippen LogP contribution in [0.5, 0.6) is 0 Å². The third-order valence-corrected chi connectivity index (χ3v) is 4.38. The van der Waals surface area contributed by atoms with Gasteiger partial charge in [0.25, 0.3) is 5.56 Å². The van der Waals surface area contributed by atoms with Crippen LogP contribution in [0, 0.1) is 0 Å². The van der Waals surface area contributed by atoms with Gasteiger partial charge in [0.2, 0.25) is 5.91 Å². The fourth-order valence-corrected chi connectivity index (χ4v) is 2.91. The number of benzene rings is 1. The van der Waals surface area contributed by atoms with Gasteiger partial charge in [-0.05, 0) is 30.4 Å². The quantitative estimate of drug-likeness (QED) is 0.602. The van der Waals surface area contributed by atoms with E-state index in [4.69, 9.17) is 0 Å². The van der Waals surface area contributed by atoms with Crippen molar-refractivity contribution in [1.82, 2.24) is 9.88 Å². The van der Waals surface area contributed by atoms with Crippen molar-refractivity contribution in [1.29, 1.82) is 0 Å². The van der Waals surface area contributed by atoms with Gasteiger partial charge in [0.05, 0.1) is 5.56 Å². The Kier molecular flexibility index (Phi) is 6.69. The normalized spacial score (nSPS) is 11.3. The van der Waals surface area contributed by atoms with Crippen molar-refractivity contribution in [2.45, 2.75) is 24.0 Å². The number of amides is 1. The van der Waals surface area contributed by atoms with Crippen LogP contribution in [0.25, 0.3) is 0 Å². The Morgan fingerprint density at radius 1 is 1.12 bits per heavy atom. The third kappa shape index (κ3) is 6.30. The van der Waals surface area contributed by atoms with Gasteiger partial charge in [0, 0.05) is 23.7 Å². The number of aromatic nitrogens is 1. The monoisotopic (exact) mass is 370 g/mol. The molecule has 4 nitrogen and oxygen atoms in total. The Morgan fingerprint density at radius 3 is 2.52 bits per heavy atom. The number of hydrogen-bond acceptors (Lipinski definition) is 3. The lowest BCUT2D eigenvalue weighted by Gasteiger charge is -2.11. The standard InChI is InChI=1S/C17H17F3N2O2S/c18-17(19,20)13-7-8-16(24)22(11-13)12-15(23)21-9-4-10-25-14-5-2-1-3-6-14/h1-3,5-8,11H,4,9-10,12H2,(H,21,23). The minimum Gasteiger partial charge on any atom is -0.355 e. The number of carbonyl (C=O) groups excluding carboxylic acids is 1. The van der Waals surface area contributed by atoms with Gasteiger partial charge in [-0.25, -0.2) is 0 Å². The first kappa shape index (κ1) is 19.1. The number of nitrogens with zero attached hydrogens (tertiary/aromatic N) is 1. The van der Waals surface area contributed by atoms with Gasteiger partial charge in [0.15, 0.2) is 0 Å². The van der Waals surface area contributed by atoms with E-state index in [1.807, 2.05) is 30.3 Å². The van der Waals surface area contributed by atoms with Crippen LogP contribution in [0.3, 0.4) is 0 Å². The smallest absolute Gasteiger partial charge is 0.355 e. The molecule has 0 spiro atoms. The molecule has 0 radical (unpaired) electrons. The molecular formula is C17H17F3N2O2S. The van der Waals surface area contributed by atoms with Gasteiger partial charge in [0.1, 0.15) is 6.54 Å². The molecule has 0 aliphatic rings. The van der Waals surface area contributed by atoms with Crippen LogP contribution in [0.15, 0.2) is 58.4 Å². The number of rotatable bonds is 7. The van der Waals surface area contributed by atoms with Crippen molar-refractivity contribution in [2.75, 3.05) is 12.3 Å². The number of thioether (sulfide) groups is 1. The van der Waals surface area contributed by atoms with E-state index in [0.29, 0.717) is 25.2 Å². The lowest BCUT2D eigenvalue weighted by molar-refractivity contribution is -0.138. The van der Waals surface area contributed by atoms with E-state index in [0.717, 1.165) is 21.3 Å². The molecule has 2 rings (SSSR count). The van der Waals surface area contributed by atoms with Crippen LogP contribution in [-0.2, 0) is 17.5 Å². The van der Waals surface area contributed by atoms with Crippen LogP contribution in [-0.4, -0.2) is 22.8 Å². The van der Waals surface area contributed by atoms with E-state index in [1.54, 1.807) is 11.8 Å². The summed E-state index contributed by atoms with van der Waals surface area (Å²) in [5, 5.41) is 2.61. The molecule has 0 aliphatic heterocycles. The Morgan fingerprint density at radius 2 is 1.84 bits per heavy atom. The second-order valence-corrected chi connectivity index (χ2v) is 6.42. The molecule has 0 saturated heterocycles. The highest BCUT2D eigenvalue weighted by Gasteiger charge is 2.31. The second kappa shape index (κ2) is 8.75. The zero-order valence-corrected chi connectivity index (χ0v) is 14.1. The van der Waals surface area contributed by atoms with Crippen LogP contribution in [0.4, 0.5) is 13.2 Å². The zero-order valence-electron chi connectivity index (χ0n) is 13.3. The molecular weight excluding hydrogens is 353 g/mol. The first-order chi connectivity index (χ1) is 11.9. The Hall–Kier alpha value is -2.22. The maximum Gasteiger partial charge on any atom is 0.417 e. The third-order valence-electron chi connectivity index (χ3n) is 3.28. The average Bonchev–Trinajstić information content (AvgIpc) is 2.56. The van der Waals surface area contributed by atoms with E-state index in [2.05, 4.69) is 5.32 Å². The van der Waals surface area contributed by atoms with Crippen LogP contribution in [0.2, 0.25) is 0 Å². The van der Waals surface area contributed by atoms with E-state index < -0.39 is 29.8 Å². The van der Waals surface area contributed by atoms with E-state index in [-0.39, 0.29) is 0 Å². The summed E-state index contributed by atoms with van der Waals surface area (Å²) in [6.07, 6.45) is -3.18. The zero-order chi connectivity index (χ0) is 18.3. The van der Waals surface area contributed by atoms with Crippen LogP contribution in [0.1, 0.15) is 12.0 Å². The van der Waals surface area contributed by atoms with Crippen molar-refractivity contribution >= 4 is 17.7 Å². The minimum atomic E-state index is -4.55. The average molecular weight is 370 g/mol. The van der Waals surface area contributed by atoms with E-state index in [9.17, 15) is 22.8 Å². The van der Waals surface area contributed by atoms with Crippen molar-refractivity contribution < 1.29 is 18.0 Å². The highest BCUT2D eigenvalue weighted by molar-refractivity contribution is 7.99. The largest absolute Gasteiger partial charge is 0.417 e. The number of halogens is 3. The molecule has 0 bridgehead atoms. The number of carbonyl (C=O) groups is 1. The molecule has 1 N–H and O–H groups in total. The molecule has 8 heteroatoms. The molecule has 0 fully saturated rings. The predicted octanol–water partition coefficient (Wildman–Crippen LogP) is 3.17. The van der Waals surface area contributed by atoms with Gasteiger partial charge in [-0.3, -0.25) is 9.59 Å². The molecule has 1 aromatic carbocycles. The van der Waals surface area contributed by atoms with E-state index >= 15 is 0 Å². The topological polar surface area (TPSA) is 51.1 Å². The molecule has 1 aromatic heterocycles. The van der Waals surface area contributed by atoms with Gasteiger partial charge in [-0.1, -0.05) is 18.2 Å². The molecule has 1 heterocycles. The number of pyridine rings is 1. The minimum absolute atomic E-state index is 0.395. The van der Waals surface area contributed by atoms with Gasteiger partial charge >= 0.3 is 6.18 Å². The molecule has 0 atom stereocenters. The maximum atomic E-state index is 12.6. The number of alkyl halides is 3. The van der Waals surface area contributed by atoms with Crippen LogP contribution < -0.4 is 10.9 Å². The Bertz CT molecular complexity index is 760. The SMILES string of the molecule is O=C(Cn1cc(C(F)(F)F)ccc1=O)NCCCSc1ccccc1. The number of hydrogen-bond donors (Lipinski definition) is 1. The Balaban J connectivity index is 1.78.